The van der Waals surface area contributed by atoms with E-state index in [4.69, 9.17) is 9.47 Å². The van der Waals surface area contributed by atoms with Gasteiger partial charge in [-0.2, -0.15) is 9.97 Å². The Hall–Kier alpha value is -3.82. The number of imidazole rings is 1. The van der Waals surface area contributed by atoms with E-state index in [1.54, 1.807) is 18.3 Å². The number of ether oxygens (including phenoxy) is 2. The van der Waals surface area contributed by atoms with Crippen molar-refractivity contribution in [2.45, 2.75) is 11.8 Å². The van der Waals surface area contributed by atoms with Crippen molar-refractivity contribution >= 4 is 60.8 Å². The average Bonchev–Trinajstić information content (AvgIpc) is 3.46. The van der Waals surface area contributed by atoms with E-state index >= 15 is 0 Å². The molecule has 4 aromatic heterocycles. The molecule has 5 rings (SSSR count). The van der Waals surface area contributed by atoms with Gasteiger partial charge in [-0.3, -0.25) is 9.12 Å². The monoisotopic (exact) mass is 604 g/mol. The molecule has 0 saturated carbocycles. The Bertz CT molecular complexity index is 1630. The third-order valence-electron chi connectivity index (χ3n) is 5.05. The largest absolute Gasteiger partial charge is 0.481 e. The lowest BCUT2D eigenvalue weighted by molar-refractivity contribution is 0.353. The van der Waals surface area contributed by atoms with E-state index < -0.39 is 10.0 Å². The number of benzene rings is 1. The number of rotatable bonds is 8. The minimum atomic E-state index is -3.91. The number of hydrogen-bond acceptors (Lipinski definition) is 11. The van der Waals surface area contributed by atoms with Gasteiger partial charge in [-0.1, -0.05) is 0 Å². The first-order valence-electron chi connectivity index (χ1n) is 10.5. The topological polar surface area (TPSA) is 146 Å². The zero-order chi connectivity index (χ0) is 25.3. The molecule has 12 nitrogen and oxygen atoms in total. The van der Waals surface area contributed by atoms with Crippen molar-refractivity contribution in [3.05, 3.63) is 59.9 Å². The van der Waals surface area contributed by atoms with E-state index in [2.05, 4.69) is 35.0 Å². The molecule has 15 heteroatoms. The Morgan fingerprint density at radius 1 is 1.03 bits per heavy atom. The molecule has 1 aromatic carbocycles. The molecule has 0 saturated heterocycles. The van der Waals surface area contributed by atoms with Gasteiger partial charge in [-0.05, 0) is 37.3 Å². The lowest BCUT2D eigenvalue weighted by Gasteiger charge is -2.10. The van der Waals surface area contributed by atoms with Gasteiger partial charge in [0.25, 0.3) is 10.0 Å². The number of fused-ring (bicyclic) bond motifs is 1. The fourth-order valence-electron chi connectivity index (χ4n) is 3.44. The highest BCUT2D eigenvalue weighted by atomic mass is 79.9. The van der Waals surface area contributed by atoms with Crippen LogP contribution in [0.2, 0.25) is 0 Å². The van der Waals surface area contributed by atoms with Crippen LogP contribution in [0.4, 0.5) is 16.6 Å². The second-order valence-electron chi connectivity index (χ2n) is 7.41. The zero-order valence-electron chi connectivity index (χ0n) is 19.7. The van der Waals surface area contributed by atoms with Crippen LogP contribution < -0.4 is 19.5 Å². The zero-order valence-corrected chi connectivity index (χ0v) is 23.1. The summed E-state index contributed by atoms with van der Waals surface area (Å²) in [5.74, 6) is 0.795. The highest BCUT2D eigenvalue weighted by Crippen LogP contribution is 2.30. The third kappa shape index (κ3) is 5.47. The second kappa shape index (κ2) is 10.7. The molecule has 0 amide bonds. The summed E-state index contributed by atoms with van der Waals surface area (Å²) in [5, 5.41) is 5.78. The van der Waals surface area contributed by atoms with Gasteiger partial charge in [-0.25, -0.2) is 23.4 Å². The van der Waals surface area contributed by atoms with Crippen molar-refractivity contribution in [2.75, 3.05) is 24.3 Å². The molecule has 2 N–H and O–H groups in total. The molecule has 37 heavy (non-hydrogen) atoms. The number of nitrogens with one attached hydrogen (secondary N) is 2. The Balaban J connectivity index is 0.00000320. The van der Waals surface area contributed by atoms with E-state index in [1.165, 1.54) is 43.8 Å². The molecule has 0 radical (unpaired) electrons. The van der Waals surface area contributed by atoms with Crippen LogP contribution in [0.25, 0.3) is 17.2 Å². The van der Waals surface area contributed by atoms with Gasteiger partial charge in [0.05, 0.1) is 30.5 Å². The minimum absolute atomic E-state index is 0. The molecule has 4 heterocycles. The number of hydrogen-bond donors (Lipinski definition) is 2. The Labute approximate surface area is 226 Å². The molecule has 0 fully saturated rings. The number of halogens is 1. The quantitative estimate of drug-likeness (QED) is 0.265. The lowest BCUT2D eigenvalue weighted by atomic mass is 10.3. The van der Waals surface area contributed by atoms with Crippen molar-refractivity contribution in [3.8, 4) is 23.3 Å². The molecule has 0 spiro atoms. The van der Waals surface area contributed by atoms with E-state index in [0.717, 1.165) is 17.1 Å². The van der Waals surface area contributed by atoms with Gasteiger partial charge in [-0.15, -0.1) is 28.3 Å². The number of sulfonamides is 1. The fourth-order valence-corrected chi connectivity index (χ4v) is 5.14. The molecule has 192 valence electrons. The summed E-state index contributed by atoms with van der Waals surface area (Å²) in [5.41, 5.74) is 3.13. The Morgan fingerprint density at radius 3 is 2.54 bits per heavy atom. The molecule has 0 atom stereocenters. The molecule has 5 aromatic rings. The van der Waals surface area contributed by atoms with Crippen molar-refractivity contribution in [3.63, 3.8) is 0 Å². The summed E-state index contributed by atoms with van der Waals surface area (Å²) in [6, 6.07) is 9.44. The SMILES string of the molecule is Br.COc1cc(NS(=O)(=O)c2ccc(Nc3nc(-c4c(C)nc5ncccn45)cs3)cc2)nc(OC)n1. The lowest BCUT2D eigenvalue weighted by Crippen LogP contribution is -2.14. The molecule has 0 unspecified atom stereocenters. The molecular weight excluding hydrogens is 584 g/mol. The predicted octanol–water partition coefficient (Wildman–Crippen LogP) is 4.09. The van der Waals surface area contributed by atoms with Crippen LogP contribution in [0.5, 0.6) is 11.9 Å². The summed E-state index contributed by atoms with van der Waals surface area (Å²) < 4.78 is 40.0. The molecule has 0 aliphatic carbocycles. The number of aromatic nitrogens is 6. The first kappa shape index (κ1) is 26.2. The first-order valence-corrected chi connectivity index (χ1v) is 12.8. The highest BCUT2D eigenvalue weighted by Gasteiger charge is 2.18. The number of nitrogens with zero attached hydrogens (tertiary/aromatic N) is 6. The maximum Gasteiger partial charge on any atom is 0.321 e. The van der Waals surface area contributed by atoms with Gasteiger partial charge in [0.1, 0.15) is 5.69 Å². The smallest absolute Gasteiger partial charge is 0.321 e. The van der Waals surface area contributed by atoms with Gasteiger partial charge in [0, 0.05) is 29.5 Å². The molecule has 0 bridgehead atoms. The van der Waals surface area contributed by atoms with E-state index in [-0.39, 0.29) is 39.6 Å². The maximum atomic E-state index is 12.8. The van der Waals surface area contributed by atoms with E-state index in [0.29, 0.717) is 16.6 Å². The van der Waals surface area contributed by atoms with Gasteiger partial charge in [0.2, 0.25) is 11.7 Å². The Kier molecular flexibility index (Phi) is 7.56. The highest BCUT2D eigenvalue weighted by molar-refractivity contribution is 8.93. The van der Waals surface area contributed by atoms with Crippen LogP contribution in [-0.2, 0) is 10.0 Å². The maximum absolute atomic E-state index is 12.8. The summed E-state index contributed by atoms with van der Waals surface area (Å²) >= 11 is 1.43. The van der Waals surface area contributed by atoms with Crippen LogP contribution in [0.3, 0.4) is 0 Å². The number of methoxy groups -OCH3 is 2. The average molecular weight is 606 g/mol. The summed E-state index contributed by atoms with van der Waals surface area (Å²) in [4.78, 5) is 21.4. The van der Waals surface area contributed by atoms with Crippen molar-refractivity contribution < 1.29 is 17.9 Å². The standard InChI is InChI=1S/C22H20N8O4S2.BrH/c1-13-19(30-10-4-9-23-20(30)24-13)16-12-35-22(26-16)25-14-5-7-15(8-6-14)36(31,32)29-17-11-18(33-2)28-21(27-17)34-3;/h4-12H,1-3H3,(H,25,26)(H,27,28,29);1H. The number of aryl methyl sites for hydroxylation is 1. The van der Waals surface area contributed by atoms with E-state index in [1.807, 2.05) is 29.0 Å². The van der Waals surface area contributed by atoms with Crippen LogP contribution in [0, 0.1) is 6.92 Å². The normalized spacial score (nSPS) is 11.1. The summed E-state index contributed by atoms with van der Waals surface area (Å²) in [6.45, 7) is 1.91. The predicted molar refractivity (Wildman–Crippen MR) is 145 cm³/mol. The van der Waals surface area contributed by atoms with Crippen molar-refractivity contribution in [2.24, 2.45) is 0 Å². The van der Waals surface area contributed by atoms with Crippen LogP contribution in [0.15, 0.2) is 59.1 Å². The first-order chi connectivity index (χ1) is 17.4. The summed E-state index contributed by atoms with van der Waals surface area (Å²) in [7, 11) is -1.13. The third-order valence-corrected chi connectivity index (χ3v) is 7.18. The van der Waals surface area contributed by atoms with Gasteiger partial charge < -0.3 is 14.8 Å². The van der Waals surface area contributed by atoms with Gasteiger partial charge in [0.15, 0.2) is 10.9 Å². The number of thiazole rings is 1. The van der Waals surface area contributed by atoms with Crippen LogP contribution >= 0.6 is 28.3 Å². The molecule has 0 aliphatic heterocycles. The number of anilines is 3. The van der Waals surface area contributed by atoms with Crippen molar-refractivity contribution in [1.29, 1.82) is 0 Å². The van der Waals surface area contributed by atoms with Crippen LogP contribution in [0.1, 0.15) is 5.69 Å². The van der Waals surface area contributed by atoms with Crippen molar-refractivity contribution in [1.82, 2.24) is 29.3 Å². The fraction of sp³-hybridized carbons (Fsp3) is 0.136. The molecule has 0 aliphatic rings. The Morgan fingerprint density at radius 2 is 1.81 bits per heavy atom. The summed E-state index contributed by atoms with van der Waals surface area (Å²) in [6.07, 6.45) is 3.59. The minimum Gasteiger partial charge on any atom is -0.481 e. The second-order valence-corrected chi connectivity index (χ2v) is 9.95. The van der Waals surface area contributed by atoms with Crippen LogP contribution in [-0.4, -0.2) is 52.0 Å². The molecular formula is C22H21BrN8O4S2. The van der Waals surface area contributed by atoms with Gasteiger partial charge >= 0.3 is 6.01 Å². The van der Waals surface area contributed by atoms with E-state index in [9.17, 15) is 8.42 Å².